The largest absolute Gasteiger partial charge is 0.384 e. The van der Waals surface area contributed by atoms with Crippen LogP contribution in [0.15, 0.2) is 18.2 Å². The summed E-state index contributed by atoms with van der Waals surface area (Å²) in [5.41, 5.74) is 3.64. The van der Waals surface area contributed by atoms with Gasteiger partial charge in [0, 0.05) is 18.8 Å². The first-order valence-corrected chi connectivity index (χ1v) is 10.8. The van der Waals surface area contributed by atoms with E-state index >= 15 is 0 Å². The topological polar surface area (TPSA) is 45.0 Å². The van der Waals surface area contributed by atoms with Crippen molar-refractivity contribution in [1.82, 2.24) is 0 Å². The first kappa shape index (κ1) is 19.7. The number of benzene rings is 1. The van der Waals surface area contributed by atoms with E-state index in [1.165, 1.54) is 37.7 Å². The van der Waals surface area contributed by atoms with E-state index in [4.69, 9.17) is 10.00 Å². The Balaban J connectivity index is 1.53. The fourth-order valence-electron chi connectivity index (χ4n) is 4.25. The summed E-state index contributed by atoms with van der Waals surface area (Å²) in [7, 11) is 3.05. The van der Waals surface area contributed by atoms with Crippen LogP contribution < -0.4 is 5.32 Å². The molecule has 0 amide bonds. The van der Waals surface area contributed by atoms with Crippen molar-refractivity contribution in [2.24, 2.45) is 11.8 Å². The zero-order chi connectivity index (χ0) is 18.6. The average molecular weight is 372 g/mol. The van der Waals surface area contributed by atoms with Gasteiger partial charge in [-0.25, -0.2) is 0 Å². The zero-order valence-corrected chi connectivity index (χ0v) is 17.4. The summed E-state index contributed by atoms with van der Waals surface area (Å²) in [4.78, 5) is 0. The van der Waals surface area contributed by atoms with Gasteiger partial charge >= 0.3 is 0 Å². The van der Waals surface area contributed by atoms with Gasteiger partial charge in [0.05, 0.1) is 17.2 Å². The molecule has 3 rings (SSSR count). The van der Waals surface area contributed by atoms with Gasteiger partial charge in [0.25, 0.3) is 0 Å². The summed E-state index contributed by atoms with van der Waals surface area (Å²) in [6.07, 6.45) is 8.93. The summed E-state index contributed by atoms with van der Waals surface area (Å²) >= 11 is 0. The van der Waals surface area contributed by atoms with Gasteiger partial charge in [-0.15, -0.1) is 9.24 Å². The minimum Gasteiger partial charge on any atom is -0.384 e. The molecule has 2 aliphatic carbocycles. The van der Waals surface area contributed by atoms with E-state index in [1.807, 2.05) is 18.2 Å². The third kappa shape index (κ3) is 4.99. The maximum absolute atomic E-state index is 9.13. The molecule has 1 aromatic carbocycles. The number of ether oxygens (including phenoxy) is 1. The van der Waals surface area contributed by atoms with E-state index in [0.717, 1.165) is 37.6 Å². The van der Waals surface area contributed by atoms with Gasteiger partial charge in [0.1, 0.15) is 0 Å². The van der Waals surface area contributed by atoms with Gasteiger partial charge < -0.3 is 10.1 Å². The van der Waals surface area contributed by atoms with Gasteiger partial charge in [-0.1, -0.05) is 25.3 Å². The minimum absolute atomic E-state index is 0.0205. The van der Waals surface area contributed by atoms with E-state index in [9.17, 15) is 0 Å². The first-order chi connectivity index (χ1) is 12.5. The molecular weight excluding hydrogens is 339 g/mol. The number of anilines is 1. The molecule has 3 nitrogen and oxygen atoms in total. The standard InChI is InChI=1S/C22H33N2OP/c1-16-6-7-18(14-23)12-20(16)24-15-19-13-22(2,10-8-21(19)26)25-11-9-17-4-3-5-17/h6-7,12,17,19,21,24H,3-5,8-11,13,15,26H2,1-2H3. The lowest BCUT2D eigenvalue weighted by atomic mass is 9.78. The van der Waals surface area contributed by atoms with Crippen molar-refractivity contribution >= 4 is 14.9 Å². The molecule has 0 radical (unpaired) electrons. The Hall–Kier alpha value is -1.10. The monoisotopic (exact) mass is 372 g/mol. The molecular formula is C22H33N2OP. The number of nitrogens with one attached hydrogen (secondary N) is 1. The van der Waals surface area contributed by atoms with Crippen molar-refractivity contribution in [2.75, 3.05) is 18.5 Å². The lowest BCUT2D eigenvalue weighted by molar-refractivity contribution is -0.0729. The van der Waals surface area contributed by atoms with Gasteiger partial charge in [-0.2, -0.15) is 5.26 Å². The summed E-state index contributed by atoms with van der Waals surface area (Å²) in [6.45, 7) is 6.26. The van der Waals surface area contributed by atoms with Crippen molar-refractivity contribution in [3.05, 3.63) is 29.3 Å². The highest BCUT2D eigenvalue weighted by atomic mass is 31.0. The smallest absolute Gasteiger partial charge is 0.0992 e. The van der Waals surface area contributed by atoms with Crippen LogP contribution in [0.4, 0.5) is 5.69 Å². The van der Waals surface area contributed by atoms with Crippen LogP contribution in [0.3, 0.4) is 0 Å². The normalized spacial score (nSPS) is 29.0. The summed E-state index contributed by atoms with van der Waals surface area (Å²) in [6, 6.07) is 8.10. The van der Waals surface area contributed by atoms with Crippen molar-refractivity contribution in [3.63, 3.8) is 0 Å². The molecule has 4 heteroatoms. The van der Waals surface area contributed by atoms with Crippen LogP contribution in [0, 0.1) is 30.1 Å². The molecule has 4 unspecified atom stereocenters. The number of nitriles is 1. The highest BCUT2D eigenvalue weighted by Crippen LogP contribution is 2.39. The predicted octanol–water partition coefficient (Wildman–Crippen LogP) is 5.29. The number of rotatable bonds is 7. The molecule has 142 valence electrons. The summed E-state index contributed by atoms with van der Waals surface area (Å²) in [5.74, 6) is 1.50. The van der Waals surface area contributed by atoms with Gasteiger partial charge in [0.15, 0.2) is 0 Å². The van der Waals surface area contributed by atoms with Crippen LogP contribution in [-0.2, 0) is 4.74 Å². The number of aryl methyl sites for hydroxylation is 1. The number of nitrogens with zero attached hydrogens (tertiary/aromatic N) is 1. The quantitative estimate of drug-likeness (QED) is 0.662. The highest BCUT2D eigenvalue weighted by molar-refractivity contribution is 7.17. The van der Waals surface area contributed by atoms with E-state index < -0.39 is 0 Å². The molecule has 1 N–H and O–H groups in total. The Morgan fingerprint density at radius 1 is 1.35 bits per heavy atom. The van der Waals surface area contributed by atoms with Crippen LogP contribution in [0.1, 0.15) is 63.0 Å². The van der Waals surface area contributed by atoms with Gasteiger partial charge in [0.2, 0.25) is 0 Å². The Morgan fingerprint density at radius 2 is 2.15 bits per heavy atom. The van der Waals surface area contributed by atoms with Crippen LogP contribution in [-0.4, -0.2) is 24.4 Å². The van der Waals surface area contributed by atoms with E-state index in [1.54, 1.807) is 0 Å². The average Bonchev–Trinajstić information content (AvgIpc) is 2.59. The molecule has 0 aliphatic heterocycles. The third-order valence-corrected chi connectivity index (χ3v) is 7.31. The van der Waals surface area contributed by atoms with E-state index in [-0.39, 0.29) is 5.60 Å². The SMILES string of the molecule is Cc1ccc(C#N)cc1NCC1CC(C)(OCCC2CCC2)CCC1P. The molecule has 26 heavy (non-hydrogen) atoms. The number of hydrogen-bond acceptors (Lipinski definition) is 3. The van der Waals surface area contributed by atoms with E-state index in [0.29, 0.717) is 17.1 Å². The van der Waals surface area contributed by atoms with Crippen LogP contribution >= 0.6 is 9.24 Å². The van der Waals surface area contributed by atoms with Crippen LogP contribution in [0.2, 0.25) is 0 Å². The lowest BCUT2D eigenvalue weighted by Crippen LogP contribution is -2.42. The first-order valence-electron chi connectivity index (χ1n) is 10.1. The molecule has 2 saturated carbocycles. The maximum Gasteiger partial charge on any atom is 0.0992 e. The maximum atomic E-state index is 9.13. The van der Waals surface area contributed by atoms with Crippen molar-refractivity contribution in [1.29, 1.82) is 5.26 Å². The van der Waals surface area contributed by atoms with Crippen molar-refractivity contribution in [3.8, 4) is 6.07 Å². The predicted molar refractivity (Wildman–Crippen MR) is 112 cm³/mol. The highest BCUT2D eigenvalue weighted by Gasteiger charge is 2.37. The molecule has 0 spiro atoms. The summed E-state index contributed by atoms with van der Waals surface area (Å²) < 4.78 is 6.39. The Kier molecular flexibility index (Phi) is 6.60. The second-order valence-corrected chi connectivity index (χ2v) is 9.43. The molecule has 0 bridgehead atoms. The molecule has 4 atom stereocenters. The fourth-order valence-corrected chi connectivity index (χ4v) is 4.69. The van der Waals surface area contributed by atoms with Gasteiger partial charge in [-0.3, -0.25) is 0 Å². The molecule has 0 saturated heterocycles. The second kappa shape index (κ2) is 8.73. The molecule has 0 aromatic heterocycles. The second-order valence-electron chi connectivity index (χ2n) is 8.57. The Labute approximate surface area is 161 Å². The van der Waals surface area contributed by atoms with Crippen LogP contribution in [0.25, 0.3) is 0 Å². The molecule has 2 aliphatic rings. The minimum atomic E-state index is 0.0205. The molecule has 1 aromatic rings. The lowest BCUT2D eigenvalue weighted by Gasteiger charge is -2.42. The fraction of sp³-hybridized carbons (Fsp3) is 0.682. The van der Waals surface area contributed by atoms with E-state index in [2.05, 4.69) is 34.5 Å². The third-order valence-electron chi connectivity index (χ3n) is 6.43. The molecule has 0 heterocycles. The number of hydrogen-bond donors (Lipinski definition) is 1. The molecule has 2 fully saturated rings. The Bertz CT molecular complexity index is 652. The van der Waals surface area contributed by atoms with Gasteiger partial charge in [-0.05, 0) is 74.7 Å². The van der Waals surface area contributed by atoms with Crippen LogP contribution in [0.5, 0.6) is 0 Å². The Morgan fingerprint density at radius 3 is 2.85 bits per heavy atom. The zero-order valence-electron chi connectivity index (χ0n) is 16.3. The summed E-state index contributed by atoms with van der Waals surface area (Å²) in [5, 5.41) is 12.7. The van der Waals surface area contributed by atoms with Crippen molar-refractivity contribution in [2.45, 2.75) is 70.1 Å². The van der Waals surface area contributed by atoms with Crippen molar-refractivity contribution < 1.29 is 4.74 Å².